The Morgan fingerprint density at radius 3 is 2.63 bits per heavy atom. The molecule has 1 aromatic rings. The van der Waals surface area contributed by atoms with Crippen molar-refractivity contribution < 1.29 is 23.9 Å². The minimum Gasteiger partial charge on any atom is -0.493 e. The lowest BCUT2D eigenvalue weighted by atomic mass is 10.1. The molecule has 0 aromatic heterocycles. The quantitative estimate of drug-likeness (QED) is 0.613. The number of fused-ring (bicyclic) bond motifs is 1. The van der Waals surface area contributed by atoms with Gasteiger partial charge in [-0.3, -0.25) is 10.1 Å². The second kappa shape index (κ2) is 5.05. The van der Waals surface area contributed by atoms with Gasteiger partial charge in [0, 0.05) is 18.6 Å². The maximum atomic E-state index is 10.7. The molecule has 2 rings (SSSR count). The van der Waals surface area contributed by atoms with Crippen molar-refractivity contribution in [2.45, 2.75) is 6.92 Å². The monoisotopic (exact) mass is 267 g/mol. The van der Waals surface area contributed by atoms with E-state index < -0.39 is 4.92 Å². The van der Waals surface area contributed by atoms with Gasteiger partial charge in [-0.1, -0.05) is 0 Å². The zero-order valence-electron chi connectivity index (χ0n) is 10.8. The Labute approximate surface area is 109 Å². The number of rotatable bonds is 4. The summed E-state index contributed by atoms with van der Waals surface area (Å²) in [6.45, 7) is 1.46. The number of nitrogens with zero attached hydrogens (tertiary/aromatic N) is 1. The highest BCUT2D eigenvalue weighted by Gasteiger charge is 2.26. The third-order valence-electron chi connectivity index (χ3n) is 2.67. The molecule has 1 heterocycles. The zero-order valence-corrected chi connectivity index (χ0v) is 10.8. The first-order valence-corrected chi connectivity index (χ1v) is 5.45. The summed E-state index contributed by atoms with van der Waals surface area (Å²) in [6.07, 6.45) is 1.39. The van der Waals surface area contributed by atoms with Crippen molar-refractivity contribution in [3.05, 3.63) is 27.4 Å². The minimum atomic E-state index is -0.476. The zero-order chi connectivity index (χ0) is 14.0. The van der Waals surface area contributed by atoms with Gasteiger partial charge in [-0.25, -0.2) is 0 Å². The smallest absolute Gasteiger partial charge is 0.243 e. The first-order chi connectivity index (χ1) is 9.08. The predicted octanol–water partition coefficient (Wildman–Crippen LogP) is 2.07. The molecule has 0 amide bonds. The Bertz CT molecular complexity index is 552. The van der Waals surface area contributed by atoms with Crippen molar-refractivity contribution in [2.24, 2.45) is 0 Å². The van der Waals surface area contributed by atoms with E-state index in [4.69, 9.17) is 18.9 Å². The van der Waals surface area contributed by atoms with Gasteiger partial charge in [-0.2, -0.15) is 0 Å². The van der Waals surface area contributed by atoms with Gasteiger partial charge in [0.2, 0.25) is 24.0 Å². The van der Waals surface area contributed by atoms with Gasteiger partial charge in [0.15, 0.2) is 11.5 Å². The molecule has 0 atom stereocenters. The van der Waals surface area contributed by atoms with Crippen LogP contribution in [0.25, 0.3) is 6.08 Å². The van der Waals surface area contributed by atoms with Crippen LogP contribution in [-0.2, 0) is 0 Å². The number of benzene rings is 1. The van der Waals surface area contributed by atoms with Crippen LogP contribution >= 0.6 is 0 Å². The molecule has 0 unspecified atom stereocenters. The molecule has 0 bridgehead atoms. The van der Waals surface area contributed by atoms with Crippen molar-refractivity contribution in [3.8, 4) is 23.0 Å². The Morgan fingerprint density at radius 2 is 2.05 bits per heavy atom. The molecule has 1 aliphatic heterocycles. The van der Waals surface area contributed by atoms with Gasteiger partial charge in [0.1, 0.15) is 0 Å². The fourth-order valence-corrected chi connectivity index (χ4v) is 1.78. The third-order valence-corrected chi connectivity index (χ3v) is 2.67. The SMILES string of the molecule is COc1cc(/C=C(/C)[N+](=O)[O-])c(OC)c2c1OCO2. The highest BCUT2D eigenvalue weighted by atomic mass is 16.7. The van der Waals surface area contributed by atoms with Crippen LogP contribution in [0, 0.1) is 10.1 Å². The van der Waals surface area contributed by atoms with E-state index in [1.54, 1.807) is 6.07 Å². The second-order valence-corrected chi connectivity index (χ2v) is 3.81. The molecule has 7 heteroatoms. The lowest BCUT2D eigenvalue weighted by Crippen LogP contribution is -1.96. The lowest BCUT2D eigenvalue weighted by molar-refractivity contribution is -0.422. The van der Waals surface area contributed by atoms with Crippen molar-refractivity contribution in [3.63, 3.8) is 0 Å². The summed E-state index contributed by atoms with van der Waals surface area (Å²) in [6, 6.07) is 1.61. The van der Waals surface area contributed by atoms with Crippen molar-refractivity contribution in [2.75, 3.05) is 21.0 Å². The molecule has 102 valence electrons. The maximum Gasteiger partial charge on any atom is 0.243 e. The fraction of sp³-hybridized carbons (Fsp3) is 0.333. The molecule has 19 heavy (non-hydrogen) atoms. The van der Waals surface area contributed by atoms with Crippen LogP contribution in [0.1, 0.15) is 12.5 Å². The van der Waals surface area contributed by atoms with Gasteiger partial charge in [0.05, 0.1) is 19.1 Å². The second-order valence-electron chi connectivity index (χ2n) is 3.81. The Hall–Kier alpha value is -2.44. The fourth-order valence-electron chi connectivity index (χ4n) is 1.78. The van der Waals surface area contributed by atoms with Crippen molar-refractivity contribution >= 4 is 6.08 Å². The molecular weight excluding hydrogens is 254 g/mol. The Morgan fingerprint density at radius 1 is 1.37 bits per heavy atom. The van der Waals surface area contributed by atoms with Gasteiger partial charge in [-0.15, -0.1) is 0 Å². The number of hydrogen-bond donors (Lipinski definition) is 0. The van der Waals surface area contributed by atoms with Crippen LogP contribution in [0.4, 0.5) is 0 Å². The van der Waals surface area contributed by atoms with Gasteiger partial charge < -0.3 is 18.9 Å². The van der Waals surface area contributed by atoms with E-state index in [1.165, 1.54) is 27.2 Å². The van der Waals surface area contributed by atoms with Gasteiger partial charge in [-0.05, 0) is 6.07 Å². The Kier molecular flexibility index (Phi) is 3.46. The topological polar surface area (TPSA) is 80.1 Å². The summed E-state index contributed by atoms with van der Waals surface area (Å²) in [4.78, 5) is 10.2. The average Bonchev–Trinajstić information content (AvgIpc) is 2.86. The molecular formula is C12H13NO6. The van der Waals surface area contributed by atoms with Crippen LogP contribution in [0.3, 0.4) is 0 Å². The highest BCUT2D eigenvalue weighted by Crippen LogP contribution is 2.49. The van der Waals surface area contributed by atoms with Crippen LogP contribution in [0.15, 0.2) is 11.8 Å². The van der Waals surface area contributed by atoms with Crippen LogP contribution in [0.2, 0.25) is 0 Å². The average molecular weight is 267 g/mol. The first kappa shape index (κ1) is 13.0. The van der Waals surface area contributed by atoms with Gasteiger partial charge >= 0.3 is 0 Å². The van der Waals surface area contributed by atoms with E-state index in [2.05, 4.69) is 0 Å². The largest absolute Gasteiger partial charge is 0.493 e. The van der Waals surface area contributed by atoms with Crippen LogP contribution in [0.5, 0.6) is 23.0 Å². The molecule has 0 aliphatic carbocycles. The van der Waals surface area contributed by atoms with E-state index >= 15 is 0 Å². The van der Waals surface area contributed by atoms with Gasteiger partial charge in [0.25, 0.3) is 0 Å². The number of allylic oxidation sites excluding steroid dienone is 1. The lowest BCUT2D eigenvalue weighted by Gasteiger charge is -2.11. The molecule has 0 N–H and O–H groups in total. The summed E-state index contributed by atoms with van der Waals surface area (Å²) >= 11 is 0. The number of nitro groups is 1. The third kappa shape index (κ3) is 2.26. The van der Waals surface area contributed by atoms with E-state index in [1.807, 2.05) is 0 Å². The molecule has 1 aliphatic rings. The van der Waals surface area contributed by atoms with E-state index in [-0.39, 0.29) is 12.5 Å². The van der Waals surface area contributed by atoms with Crippen molar-refractivity contribution in [1.82, 2.24) is 0 Å². The normalized spacial score (nSPS) is 13.3. The van der Waals surface area contributed by atoms with Crippen LogP contribution in [-0.4, -0.2) is 25.9 Å². The summed E-state index contributed by atoms with van der Waals surface area (Å²) in [7, 11) is 2.94. The molecule has 0 radical (unpaired) electrons. The summed E-state index contributed by atoms with van der Waals surface area (Å²) in [5.41, 5.74) is 0.483. The molecule has 0 saturated heterocycles. The number of hydrogen-bond acceptors (Lipinski definition) is 6. The molecule has 0 fully saturated rings. The molecule has 0 saturated carbocycles. The van der Waals surface area contributed by atoms with E-state index in [9.17, 15) is 10.1 Å². The summed E-state index contributed by atoms with van der Waals surface area (Å²) in [5, 5.41) is 10.7. The molecule has 0 spiro atoms. The Balaban J connectivity index is 2.61. The predicted molar refractivity (Wildman–Crippen MR) is 66.3 cm³/mol. The first-order valence-electron chi connectivity index (χ1n) is 5.45. The molecule has 7 nitrogen and oxygen atoms in total. The maximum absolute atomic E-state index is 10.7. The van der Waals surface area contributed by atoms with Crippen molar-refractivity contribution in [1.29, 1.82) is 0 Å². The molecule has 1 aromatic carbocycles. The van der Waals surface area contributed by atoms with Crippen LogP contribution < -0.4 is 18.9 Å². The number of ether oxygens (including phenoxy) is 4. The highest BCUT2D eigenvalue weighted by molar-refractivity contribution is 5.72. The standard InChI is InChI=1S/C12H13NO6/c1-7(13(14)15)4-8-5-9(16-2)11-12(10(8)17-3)19-6-18-11/h4-5H,6H2,1-3H3/b7-4-. The number of methoxy groups -OCH3 is 2. The minimum absolute atomic E-state index is 0.0146. The van der Waals surface area contributed by atoms with E-state index in [0.29, 0.717) is 28.6 Å². The summed E-state index contributed by atoms with van der Waals surface area (Å²) in [5.74, 6) is 1.66. The van der Waals surface area contributed by atoms with E-state index in [0.717, 1.165) is 0 Å². The summed E-state index contributed by atoms with van der Waals surface area (Å²) < 4.78 is 21.0.